The molecule has 0 fully saturated rings. The van der Waals surface area contributed by atoms with Crippen LogP contribution in [0.3, 0.4) is 0 Å². The van der Waals surface area contributed by atoms with Crippen molar-refractivity contribution in [1.29, 1.82) is 0 Å². The minimum atomic E-state index is -0.177. The number of hydrogen-bond acceptors (Lipinski definition) is 3. The number of pyridine rings is 1. The zero-order chi connectivity index (χ0) is 13.3. The first kappa shape index (κ1) is 12.8. The number of anilines is 1. The molecule has 0 unspecified atom stereocenters. The van der Waals surface area contributed by atoms with Crippen molar-refractivity contribution < 1.29 is 4.79 Å². The molecule has 5 nitrogen and oxygen atoms in total. The Balaban J connectivity index is 2.21. The van der Waals surface area contributed by atoms with E-state index in [0.717, 1.165) is 10.2 Å². The van der Waals surface area contributed by atoms with Gasteiger partial charge in [-0.3, -0.25) is 9.48 Å². The first-order valence-corrected chi connectivity index (χ1v) is 6.20. The molecule has 0 spiro atoms. The predicted octanol–water partition coefficient (Wildman–Crippen LogP) is 2.45. The third-order valence-electron chi connectivity index (χ3n) is 2.53. The molecule has 0 aliphatic heterocycles. The summed E-state index contributed by atoms with van der Waals surface area (Å²) in [4.78, 5) is 16.2. The van der Waals surface area contributed by atoms with Gasteiger partial charge < -0.3 is 5.32 Å². The second-order valence-electron chi connectivity index (χ2n) is 4.09. The van der Waals surface area contributed by atoms with Crippen LogP contribution in [0, 0.1) is 13.8 Å². The van der Waals surface area contributed by atoms with Gasteiger partial charge in [0.05, 0.1) is 23.1 Å². The van der Waals surface area contributed by atoms with Crippen molar-refractivity contribution in [2.45, 2.75) is 13.8 Å². The fourth-order valence-corrected chi connectivity index (χ4v) is 1.86. The van der Waals surface area contributed by atoms with Crippen molar-refractivity contribution >= 4 is 27.5 Å². The lowest BCUT2D eigenvalue weighted by Gasteiger charge is -2.05. The number of nitrogens with one attached hydrogen (secondary N) is 1. The van der Waals surface area contributed by atoms with Crippen LogP contribution < -0.4 is 5.32 Å². The van der Waals surface area contributed by atoms with E-state index in [-0.39, 0.29) is 5.91 Å². The maximum atomic E-state index is 12.0. The molecule has 1 N–H and O–H groups in total. The van der Waals surface area contributed by atoms with Gasteiger partial charge in [0.2, 0.25) is 0 Å². The van der Waals surface area contributed by atoms with Crippen LogP contribution >= 0.6 is 15.9 Å². The average Bonchev–Trinajstić information content (AvgIpc) is 2.63. The molecule has 2 aromatic rings. The summed E-state index contributed by atoms with van der Waals surface area (Å²) in [6.45, 7) is 3.72. The molecule has 0 aliphatic rings. The number of carbonyl (C=O) groups excluding carboxylic acids is 1. The maximum Gasteiger partial charge on any atom is 0.259 e. The first-order valence-electron chi connectivity index (χ1n) is 5.41. The van der Waals surface area contributed by atoms with Crippen molar-refractivity contribution in [1.82, 2.24) is 14.8 Å². The fourth-order valence-electron chi connectivity index (χ4n) is 1.65. The van der Waals surface area contributed by atoms with E-state index in [4.69, 9.17) is 0 Å². The van der Waals surface area contributed by atoms with Gasteiger partial charge in [-0.25, -0.2) is 4.98 Å². The van der Waals surface area contributed by atoms with Gasteiger partial charge in [0.1, 0.15) is 4.60 Å². The smallest absolute Gasteiger partial charge is 0.259 e. The third-order valence-corrected chi connectivity index (χ3v) is 3.36. The Bertz CT molecular complexity index is 606. The topological polar surface area (TPSA) is 59.8 Å². The molecule has 0 radical (unpaired) electrons. The standard InChI is InChI=1S/C12H13BrN4O/c1-7-4-9(5-14-11(7)13)15-12(18)10-6-17(3)16-8(10)2/h4-6H,1-3H3,(H,15,18). The number of halogens is 1. The van der Waals surface area contributed by atoms with Crippen LogP contribution in [0.4, 0.5) is 5.69 Å². The molecule has 0 aliphatic carbocycles. The molecule has 94 valence electrons. The van der Waals surface area contributed by atoms with Crippen LogP contribution in [0.15, 0.2) is 23.1 Å². The zero-order valence-corrected chi connectivity index (χ0v) is 11.9. The highest BCUT2D eigenvalue weighted by atomic mass is 79.9. The molecule has 0 bridgehead atoms. The Morgan fingerprint density at radius 2 is 2.17 bits per heavy atom. The van der Waals surface area contributed by atoms with Gasteiger partial charge in [0, 0.05) is 13.2 Å². The molecule has 1 amide bonds. The van der Waals surface area contributed by atoms with Gasteiger partial charge in [-0.15, -0.1) is 0 Å². The monoisotopic (exact) mass is 308 g/mol. The van der Waals surface area contributed by atoms with Gasteiger partial charge in [0.15, 0.2) is 0 Å². The highest BCUT2D eigenvalue weighted by Gasteiger charge is 2.13. The summed E-state index contributed by atoms with van der Waals surface area (Å²) in [7, 11) is 1.79. The number of aryl methyl sites for hydroxylation is 3. The van der Waals surface area contributed by atoms with Gasteiger partial charge in [-0.1, -0.05) is 0 Å². The Morgan fingerprint density at radius 3 is 2.72 bits per heavy atom. The van der Waals surface area contributed by atoms with E-state index in [1.165, 1.54) is 0 Å². The number of hydrogen-bond donors (Lipinski definition) is 1. The predicted molar refractivity (Wildman–Crippen MR) is 72.6 cm³/mol. The van der Waals surface area contributed by atoms with Crippen LogP contribution in [-0.2, 0) is 7.05 Å². The van der Waals surface area contributed by atoms with Crippen LogP contribution in [0.25, 0.3) is 0 Å². The molecule has 2 rings (SSSR count). The molecule has 2 aromatic heterocycles. The Hall–Kier alpha value is -1.69. The van der Waals surface area contributed by atoms with Gasteiger partial charge in [-0.05, 0) is 41.4 Å². The van der Waals surface area contributed by atoms with Crippen LogP contribution in [-0.4, -0.2) is 20.7 Å². The highest BCUT2D eigenvalue weighted by Crippen LogP contribution is 2.17. The average molecular weight is 309 g/mol. The molecule has 6 heteroatoms. The van der Waals surface area contributed by atoms with E-state index in [0.29, 0.717) is 16.9 Å². The normalized spacial score (nSPS) is 10.4. The Kier molecular flexibility index (Phi) is 3.47. The first-order chi connectivity index (χ1) is 8.47. The van der Waals surface area contributed by atoms with Crippen molar-refractivity contribution in [2.24, 2.45) is 7.05 Å². The molecular formula is C12H13BrN4O. The molecular weight excluding hydrogens is 296 g/mol. The molecule has 2 heterocycles. The number of rotatable bonds is 2. The van der Waals surface area contributed by atoms with Crippen molar-refractivity contribution in [3.8, 4) is 0 Å². The van der Waals surface area contributed by atoms with Crippen LogP contribution in [0.1, 0.15) is 21.6 Å². The summed E-state index contributed by atoms with van der Waals surface area (Å²) in [5, 5.41) is 6.94. The Labute approximate surface area is 113 Å². The largest absolute Gasteiger partial charge is 0.320 e. The van der Waals surface area contributed by atoms with Crippen LogP contribution in [0.5, 0.6) is 0 Å². The quantitative estimate of drug-likeness (QED) is 0.867. The minimum Gasteiger partial charge on any atom is -0.320 e. The Morgan fingerprint density at radius 1 is 1.44 bits per heavy atom. The number of nitrogens with zero attached hydrogens (tertiary/aromatic N) is 3. The van der Waals surface area contributed by atoms with E-state index in [9.17, 15) is 4.79 Å². The van der Waals surface area contributed by atoms with Crippen molar-refractivity contribution in [3.63, 3.8) is 0 Å². The van der Waals surface area contributed by atoms with Crippen molar-refractivity contribution in [2.75, 3.05) is 5.32 Å². The summed E-state index contributed by atoms with van der Waals surface area (Å²) in [6, 6.07) is 1.86. The molecule has 0 saturated carbocycles. The SMILES string of the molecule is Cc1cc(NC(=O)c2cn(C)nc2C)cnc1Br. The summed E-state index contributed by atoms with van der Waals surface area (Å²) in [5.74, 6) is -0.177. The minimum absolute atomic E-state index is 0.177. The lowest BCUT2D eigenvalue weighted by molar-refractivity contribution is 0.102. The number of amides is 1. The molecule has 0 saturated heterocycles. The van der Waals surface area contributed by atoms with Gasteiger partial charge >= 0.3 is 0 Å². The van der Waals surface area contributed by atoms with E-state index in [1.807, 2.05) is 13.0 Å². The van der Waals surface area contributed by atoms with E-state index >= 15 is 0 Å². The van der Waals surface area contributed by atoms with E-state index < -0.39 is 0 Å². The summed E-state index contributed by atoms with van der Waals surface area (Å²) in [5.41, 5.74) is 2.91. The number of carbonyl (C=O) groups is 1. The van der Waals surface area contributed by atoms with E-state index in [2.05, 4.69) is 31.3 Å². The number of aromatic nitrogens is 3. The van der Waals surface area contributed by atoms with Crippen molar-refractivity contribution in [3.05, 3.63) is 39.9 Å². The summed E-state index contributed by atoms with van der Waals surface area (Å²) < 4.78 is 2.40. The van der Waals surface area contributed by atoms with Gasteiger partial charge in [-0.2, -0.15) is 5.10 Å². The van der Waals surface area contributed by atoms with Gasteiger partial charge in [0.25, 0.3) is 5.91 Å². The van der Waals surface area contributed by atoms with Crippen LogP contribution in [0.2, 0.25) is 0 Å². The summed E-state index contributed by atoms with van der Waals surface area (Å²) >= 11 is 3.32. The molecule has 0 aromatic carbocycles. The fraction of sp³-hybridized carbons (Fsp3) is 0.250. The molecule has 0 atom stereocenters. The van der Waals surface area contributed by atoms with E-state index in [1.54, 1.807) is 31.0 Å². The third kappa shape index (κ3) is 2.59. The summed E-state index contributed by atoms with van der Waals surface area (Å²) in [6.07, 6.45) is 3.31. The second kappa shape index (κ2) is 4.89. The zero-order valence-electron chi connectivity index (χ0n) is 10.4. The lowest BCUT2D eigenvalue weighted by Crippen LogP contribution is -2.12. The second-order valence-corrected chi connectivity index (χ2v) is 4.84. The maximum absolute atomic E-state index is 12.0. The lowest BCUT2D eigenvalue weighted by atomic mass is 10.2. The molecule has 18 heavy (non-hydrogen) atoms. The highest BCUT2D eigenvalue weighted by molar-refractivity contribution is 9.10.